The lowest BCUT2D eigenvalue weighted by Gasteiger charge is -2.35. The molecule has 1 aromatic heterocycles. The maximum absolute atomic E-state index is 6.65. The number of halogens is 1. The average molecular weight is 365 g/mol. The molecule has 4 heteroatoms. The van der Waals surface area contributed by atoms with Gasteiger partial charge >= 0.3 is 0 Å². The SMILES string of the molecule is CCC1CCC(N)(c2nc(-c3ccc(Br)cc3)cs2)CC1. The molecule has 0 atom stereocenters. The van der Waals surface area contributed by atoms with Crippen molar-refractivity contribution in [2.45, 2.75) is 44.6 Å². The summed E-state index contributed by atoms with van der Waals surface area (Å²) in [5.41, 5.74) is 8.65. The highest BCUT2D eigenvalue weighted by molar-refractivity contribution is 9.10. The Morgan fingerprint density at radius 1 is 1.29 bits per heavy atom. The van der Waals surface area contributed by atoms with Crippen LogP contribution in [0, 0.1) is 5.92 Å². The van der Waals surface area contributed by atoms with E-state index < -0.39 is 0 Å². The molecule has 1 aromatic carbocycles. The molecule has 0 radical (unpaired) electrons. The molecule has 0 aliphatic heterocycles. The fourth-order valence-electron chi connectivity index (χ4n) is 3.07. The topological polar surface area (TPSA) is 38.9 Å². The second kappa shape index (κ2) is 6.19. The fourth-order valence-corrected chi connectivity index (χ4v) is 4.34. The molecule has 1 fully saturated rings. The monoisotopic (exact) mass is 364 g/mol. The average Bonchev–Trinajstić information content (AvgIpc) is 2.99. The Hall–Kier alpha value is -0.710. The van der Waals surface area contributed by atoms with Crippen molar-refractivity contribution in [3.05, 3.63) is 39.1 Å². The van der Waals surface area contributed by atoms with Crippen LogP contribution in [0.1, 0.15) is 44.0 Å². The fraction of sp³-hybridized carbons (Fsp3) is 0.471. The van der Waals surface area contributed by atoms with Gasteiger partial charge in [0.1, 0.15) is 5.01 Å². The Labute approximate surface area is 138 Å². The zero-order valence-electron chi connectivity index (χ0n) is 12.3. The standard InChI is InChI=1S/C17H21BrN2S/c1-2-12-7-9-17(19,10-8-12)16-20-15(11-21-16)13-3-5-14(18)6-4-13/h3-6,11-12H,2,7-10,19H2,1H3. The van der Waals surface area contributed by atoms with Crippen molar-refractivity contribution >= 4 is 27.3 Å². The van der Waals surface area contributed by atoms with E-state index in [9.17, 15) is 0 Å². The number of hydrogen-bond donors (Lipinski definition) is 1. The van der Waals surface area contributed by atoms with Crippen LogP contribution in [0.4, 0.5) is 0 Å². The van der Waals surface area contributed by atoms with Crippen molar-refractivity contribution in [3.8, 4) is 11.3 Å². The van der Waals surface area contributed by atoms with Gasteiger partial charge in [0, 0.05) is 15.4 Å². The minimum absolute atomic E-state index is 0.204. The van der Waals surface area contributed by atoms with Crippen molar-refractivity contribution in [1.82, 2.24) is 4.98 Å². The van der Waals surface area contributed by atoms with Crippen LogP contribution >= 0.6 is 27.3 Å². The molecule has 2 N–H and O–H groups in total. The molecule has 2 nitrogen and oxygen atoms in total. The van der Waals surface area contributed by atoms with Crippen molar-refractivity contribution in [1.29, 1.82) is 0 Å². The molecule has 21 heavy (non-hydrogen) atoms. The van der Waals surface area contributed by atoms with Crippen LogP contribution < -0.4 is 5.73 Å². The van der Waals surface area contributed by atoms with Gasteiger partial charge in [-0.2, -0.15) is 0 Å². The predicted molar refractivity (Wildman–Crippen MR) is 93.4 cm³/mol. The summed E-state index contributed by atoms with van der Waals surface area (Å²) in [4.78, 5) is 4.83. The van der Waals surface area contributed by atoms with E-state index in [2.05, 4.69) is 52.5 Å². The van der Waals surface area contributed by atoms with Crippen LogP contribution in [0.15, 0.2) is 34.1 Å². The van der Waals surface area contributed by atoms with E-state index in [0.717, 1.165) is 39.5 Å². The summed E-state index contributed by atoms with van der Waals surface area (Å²) in [6.07, 6.45) is 5.89. The summed E-state index contributed by atoms with van der Waals surface area (Å²) in [6.45, 7) is 2.28. The molecule has 0 saturated heterocycles. The number of thiazole rings is 1. The summed E-state index contributed by atoms with van der Waals surface area (Å²) >= 11 is 5.18. The summed E-state index contributed by atoms with van der Waals surface area (Å²) in [5.74, 6) is 0.854. The van der Waals surface area contributed by atoms with Crippen molar-refractivity contribution in [2.75, 3.05) is 0 Å². The van der Waals surface area contributed by atoms with Crippen LogP contribution in [0.2, 0.25) is 0 Å². The van der Waals surface area contributed by atoms with Crippen LogP contribution in [0.25, 0.3) is 11.3 Å². The highest BCUT2D eigenvalue weighted by Gasteiger charge is 2.35. The van der Waals surface area contributed by atoms with Gasteiger partial charge in [-0.3, -0.25) is 0 Å². The van der Waals surface area contributed by atoms with Crippen LogP contribution in [-0.4, -0.2) is 4.98 Å². The number of rotatable bonds is 3. The normalized spacial score (nSPS) is 26.0. The molecule has 3 rings (SSSR count). The molecular weight excluding hydrogens is 344 g/mol. The zero-order chi connectivity index (χ0) is 14.9. The van der Waals surface area contributed by atoms with Gasteiger partial charge in [0.15, 0.2) is 0 Å². The van der Waals surface area contributed by atoms with E-state index in [1.54, 1.807) is 11.3 Å². The molecule has 1 saturated carbocycles. The Bertz CT molecular complexity index is 598. The Balaban J connectivity index is 1.80. The van der Waals surface area contributed by atoms with E-state index in [1.165, 1.54) is 19.3 Å². The van der Waals surface area contributed by atoms with E-state index in [0.29, 0.717) is 0 Å². The Morgan fingerprint density at radius 2 is 1.95 bits per heavy atom. The highest BCUT2D eigenvalue weighted by Crippen LogP contribution is 2.40. The van der Waals surface area contributed by atoms with E-state index >= 15 is 0 Å². The molecule has 1 aliphatic carbocycles. The smallest absolute Gasteiger partial charge is 0.113 e. The lowest BCUT2D eigenvalue weighted by atomic mass is 9.76. The van der Waals surface area contributed by atoms with Crippen LogP contribution in [-0.2, 0) is 5.54 Å². The van der Waals surface area contributed by atoms with Crippen molar-refractivity contribution in [3.63, 3.8) is 0 Å². The third-order valence-electron chi connectivity index (χ3n) is 4.64. The van der Waals surface area contributed by atoms with Gasteiger partial charge in [-0.25, -0.2) is 4.98 Å². The molecule has 2 aromatic rings. The number of benzene rings is 1. The number of aromatic nitrogens is 1. The van der Waals surface area contributed by atoms with E-state index in [1.807, 2.05) is 0 Å². The van der Waals surface area contributed by atoms with Crippen LogP contribution in [0.5, 0.6) is 0 Å². The zero-order valence-corrected chi connectivity index (χ0v) is 14.7. The maximum Gasteiger partial charge on any atom is 0.113 e. The third-order valence-corrected chi connectivity index (χ3v) is 6.24. The highest BCUT2D eigenvalue weighted by atomic mass is 79.9. The first-order valence-electron chi connectivity index (χ1n) is 7.61. The summed E-state index contributed by atoms with van der Waals surface area (Å²) in [6, 6.07) is 8.30. The second-order valence-corrected chi connectivity index (χ2v) is 7.83. The van der Waals surface area contributed by atoms with Gasteiger partial charge in [-0.1, -0.05) is 41.4 Å². The van der Waals surface area contributed by atoms with Gasteiger partial charge in [-0.05, 0) is 43.7 Å². The van der Waals surface area contributed by atoms with Gasteiger partial charge in [0.05, 0.1) is 11.2 Å². The molecule has 1 aliphatic rings. The first-order chi connectivity index (χ1) is 10.1. The number of nitrogens with zero attached hydrogens (tertiary/aromatic N) is 1. The predicted octanol–water partition coefficient (Wildman–Crippen LogP) is 5.33. The summed E-state index contributed by atoms with van der Waals surface area (Å²) in [5, 5.41) is 3.24. The molecular formula is C17H21BrN2S. The van der Waals surface area contributed by atoms with Gasteiger partial charge < -0.3 is 5.73 Å². The van der Waals surface area contributed by atoms with E-state index in [-0.39, 0.29) is 5.54 Å². The largest absolute Gasteiger partial charge is 0.319 e. The van der Waals surface area contributed by atoms with Crippen molar-refractivity contribution in [2.24, 2.45) is 11.7 Å². The molecule has 1 heterocycles. The molecule has 0 amide bonds. The maximum atomic E-state index is 6.65. The Morgan fingerprint density at radius 3 is 2.57 bits per heavy atom. The number of hydrogen-bond acceptors (Lipinski definition) is 3. The first kappa shape index (κ1) is 15.2. The van der Waals surface area contributed by atoms with Crippen LogP contribution in [0.3, 0.4) is 0 Å². The quantitative estimate of drug-likeness (QED) is 0.799. The molecule has 112 valence electrons. The molecule has 0 spiro atoms. The lowest BCUT2D eigenvalue weighted by molar-refractivity contribution is 0.231. The van der Waals surface area contributed by atoms with Crippen molar-refractivity contribution < 1.29 is 0 Å². The first-order valence-corrected chi connectivity index (χ1v) is 9.29. The lowest BCUT2D eigenvalue weighted by Crippen LogP contribution is -2.40. The minimum Gasteiger partial charge on any atom is -0.319 e. The summed E-state index contributed by atoms with van der Waals surface area (Å²) < 4.78 is 1.09. The summed E-state index contributed by atoms with van der Waals surface area (Å²) in [7, 11) is 0. The third kappa shape index (κ3) is 3.22. The van der Waals surface area contributed by atoms with Gasteiger partial charge in [-0.15, -0.1) is 11.3 Å². The molecule has 0 bridgehead atoms. The molecule has 0 unspecified atom stereocenters. The minimum atomic E-state index is -0.204. The Kier molecular flexibility index (Phi) is 4.48. The van der Waals surface area contributed by atoms with Gasteiger partial charge in [0.2, 0.25) is 0 Å². The van der Waals surface area contributed by atoms with E-state index in [4.69, 9.17) is 10.7 Å². The van der Waals surface area contributed by atoms with Gasteiger partial charge in [0.25, 0.3) is 0 Å². The second-order valence-electron chi connectivity index (χ2n) is 6.05. The number of nitrogens with two attached hydrogens (primary N) is 1.